The molecule has 4 aromatic rings. The van der Waals surface area contributed by atoms with Crippen LogP contribution in [0, 0.1) is 0 Å². The second-order valence-corrected chi connectivity index (χ2v) is 12.6. The lowest BCUT2D eigenvalue weighted by molar-refractivity contribution is -0.110. The Bertz CT molecular complexity index is 1470. The summed E-state index contributed by atoms with van der Waals surface area (Å²) in [5.41, 5.74) is 8.50. The third kappa shape index (κ3) is 3.83. The number of aryl methyl sites for hydroxylation is 2. The Labute approximate surface area is 233 Å². The lowest BCUT2D eigenvalue weighted by atomic mass is 9.81. The van der Waals surface area contributed by atoms with Gasteiger partial charge in [-0.05, 0) is 52.8 Å². The Morgan fingerprint density at radius 2 is 1.26 bits per heavy atom. The fourth-order valence-corrected chi connectivity index (χ4v) is 9.01. The SMILES string of the molecule is CCc1ccc(C2(c3ccc(CC)cc3)S[C@@]3(SC(C(C)=O)=NN3c3ccccc3)c3ccccc32)cc1. The average molecular weight is 535 g/mol. The number of benzene rings is 4. The van der Waals surface area contributed by atoms with Gasteiger partial charge in [0, 0.05) is 12.5 Å². The Hall–Kier alpha value is -3.28. The van der Waals surface area contributed by atoms with Crippen LogP contribution in [0.15, 0.2) is 108 Å². The van der Waals surface area contributed by atoms with Crippen LogP contribution in [0.5, 0.6) is 0 Å². The number of carbonyl (C=O) groups excluding carboxylic acids is 1. The summed E-state index contributed by atoms with van der Waals surface area (Å²) < 4.78 is -1.11. The van der Waals surface area contributed by atoms with E-state index in [1.165, 1.54) is 33.4 Å². The molecule has 4 aromatic carbocycles. The van der Waals surface area contributed by atoms with Crippen LogP contribution in [0.4, 0.5) is 5.69 Å². The van der Waals surface area contributed by atoms with Gasteiger partial charge in [0.15, 0.2) is 15.0 Å². The van der Waals surface area contributed by atoms with E-state index in [1.54, 1.807) is 18.7 Å². The molecule has 3 nitrogen and oxygen atoms in total. The summed E-state index contributed by atoms with van der Waals surface area (Å²) in [6, 6.07) is 37.1. The minimum atomic E-state index is -0.633. The lowest BCUT2D eigenvalue weighted by Crippen LogP contribution is -2.34. The van der Waals surface area contributed by atoms with Crippen LogP contribution >= 0.6 is 23.5 Å². The van der Waals surface area contributed by atoms with E-state index in [0.29, 0.717) is 5.04 Å². The summed E-state index contributed by atoms with van der Waals surface area (Å²) in [7, 11) is 0. The number of nitrogens with zero attached hydrogens (tertiary/aromatic N) is 2. The molecule has 0 saturated heterocycles. The number of carbonyl (C=O) groups is 1. The van der Waals surface area contributed by atoms with Gasteiger partial charge < -0.3 is 0 Å². The maximum Gasteiger partial charge on any atom is 0.187 e. The van der Waals surface area contributed by atoms with Crippen LogP contribution in [0.25, 0.3) is 0 Å². The molecule has 0 amide bonds. The first-order chi connectivity index (χ1) is 18.5. The van der Waals surface area contributed by atoms with E-state index in [-0.39, 0.29) is 5.78 Å². The molecule has 0 N–H and O–H groups in total. The van der Waals surface area contributed by atoms with Gasteiger partial charge in [0.1, 0.15) is 0 Å². The normalized spacial score (nSPS) is 19.4. The van der Waals surface area contributed by atoms with Gasteiger partial charge in [0.05, 0.1) is 10.4 Å². The van der Waals surface area contributed by atoms with Crippen molar-refractivity contribution in [2.24, 2.45) is 5.10 Å². The van der Waals surface area contributed by atoms with Crippen molar-refractivity contribution in [3.8, 4) is 0 Å². The van der Waals surface area contributed by atoms with Crippen LogP contribution in [0.2, 0.25) is 0 Å². The molecule has 190 valence electrons. The molecule has 38 heavy (non-hydrogen) atoms. The smallest absolute Gasteiger partial charge is 0.187 e. The van der Waals surface area contributed by atoms with Gasteiger partial charge in [-0.3, -0.25) is 4.79 Å². The van der Waals surface area contributed by atoms with Crippen molar-refractivity contribution >= 4 is 40.0 Å². The van der Waals surface area contributed by atoms with Crippen LogP contribution in [-0.2, 0) is 26.6 Å². The molecule has 0 bridgehead atoms. The average Bonchev–Trinajstić information content (AvgIpc) is 3.51. The second kappa shape index (κ2) is 9.79. The Balaban J connectivity index is 1.63. The second-order valence-electron chi connectivity index (χ2n) is 9.72. The number of para-hydroxylation sites is 1. The summed E-state index contributed by atoms with van der Waals surface area (Å²) in [5.74, 6) is -0.0111. The molecule has 0 saturated carbocycles. The highest BCUT2D eigenvalue weighted by Crippen LogP contribution is 2.70. The largest absolute Gasteiger partial charge is 0.292 e. The van der Waals surface area contributed by atoms with Crippen LogP contribution in [0.3, 0.4) is 0 Å². The highest BCUT2D eigenvalue weighted by Gasteiger charge is 2.61. The number of Topliss-reactive ketones (excluding diaryl/α,β-unsaturated/α-hetero) is 1. The zero-order valence-electron chi connectivity index (χ0n) is 21.8. The number of rotatable bonds is 6. The van der Waals surface area contributed by atoms with Gasteiger partial charge >= 0.3 is 0 Å². The highest BCUT2D eigenvalue weighted by molar-refractivity contribution is 8.27. The van der Waals surface area contributed by atoms with Crippen molar-refractivity contribution < 1.29 is 4.79 Å². The maximum atomic E-state index is 12.7. The minimum absolute atomic E-state index is 0.0111. The molecule has 2 aliphatic rings. The molecule has 1 spiro atoms. The van der Waals surface area contributed by atoms with E-state index in [9.17, 15) is 4.79 Å². The zero-order chi connectivity index (χ0) is 26.3. The monoisotopic (exact) mass is 534 g/mol. The first-order valence-electron chi connectivity index (χ1n) is 13.1. The summed E-state index contributed by atoms with van der Waals surface area (Å²) in [5, 5.41) is 7.55. The van der Waals surface area contributed by atoms with E-state index in [4.69, 9.17) is 5.10 Å². The third-order valence-corrected chi connectivity index (χ3v) is 10.9. The quantitative estimate of drug-likeness (QED) is 0.250. The van der Waals surface area contributed by atoms with Gasteiger partial charge in [0.2, 0.25) is 0 Å². The van der Waals surface area contributed by atoms with Crippen molar-refractivity contribution in [1.82, 2.24) is 0 Å². The molecule has 0 radical (unpaired) electrons. The Morgan fingerprint density at radius 3 is 1.79 bits per heavy atom. The van der Waals surface area contributed by atoms with Crippen molar-refractivity contribution in [2.45, 2.75) is 42.6 Å². The number of ketones is 1. The van der Waals surface area contributed by atoms with Gasteiger partial charge in [0.25, 0.3) is 0 Å². The molecule has 2 heterocycles. The number of hydrazone groups is 1. The molecule has 0 unspecified atom stereocenters. The van der Waals surface area contributed by atoms with Crippen molar-refractivity contribution in [2.75, 3.05) is 5.01 Å². The number of thioether (sulfide) groups is 2. The Morgan fingerprint density at radius 1 is 0.737 bits per heavy atom. The van der Waals surface area contributed by atoms with Crippen LogP contribution in [-0.4, -0.2) is 10.8 Å². The van der Waals surface area contributed by atoms with E-state index >= 15 is 0 Å². The first kappa shape index (κ1) is 25.0. The molecule has 0 aliphatic carbocycles. The summed E-state index contributed by atoms with van der Waals surface area (Å²) in [4.78, 5) is 12.7. The zero-order valence-corrected chi connectivity index (χ0v) is 23.5. The maximum absolute atomic E-state index is 12.7. The molecular weight excluding hydrogens is 505 g/mol. The topological polar surface area (TPSA) is 32.7 Å². The van der Waals surface area contributed by atoms with Gasteiger partial charge in [-0.2, -0.15) is 5.10 Å². The first-order valence-corrected chi connectivity index (χ1v) is 14.8. The van der Waals surface area contributed by atoms with E-state index in [1.807, 2.05) is 30.0 Å². The number of hydrogen-bond donors (Lipinski definition) is 0. The fourth-order valence-electron chi connectivity index (χ4n) is 5.45. The molecule has 0 aromatic heterocycles. The molecule has 6 rings (SSSR count). The summed E-state index contributed by atoms with van der Waals surface area (Å²) in [6.07, 6.45) is 2.00. The summed E-state index contributed by atoms with van der Waals surface area (Å²) >= 11 is 3.45. The van der Waals surface area contributed by atoms with Crippen molar-refractivity contribution in [3.05, 3.63) is 137 Å². The minimum Gasteiger partial charge on any atom is -0.292 e. The standard InChI is InChI=1S/C33H30N2OS2/c1-4-24-15-19-26(20-16-24)32(27-21-17-25(5-2)18-22-27)29-13-9-10-14-30(29)33(38-32)35(28-11-7-6-8-12-28)34-31(37-33)23(3)36/h6-22H,4-5H2,1-3H3/t33-/m0/s1. The number of hydrogen-bond acceptors (Lipinski definition) is 5. The van der Waals surface area contributed by atoms with E-state index < -0.39 is 8.95 Å². The van der Waals surface area contributed by atoms with E-state index in [2.05, 4.69) is 104 Å². The number of fused-ring (bicyclic) bond motifs is 2. The predicted molar refractivity (Wildman–Crippen MR) is 162 cm³/mol. The molecule has 0 fully saturated rings. The van der Waals surface area contributed by atoms with Gasteiger partial charge in [-0.1, -0.05) is 128 Å². The molecule has 2 aliphatic heterocycles. The van der Waals surface area contributed by atoms with Gasteiger partial charge in [-0.15, -0.1) is 0 Å². The Kier molecular flexibility index (Phi) is 6.45. The lowest BCUT2D eigenvalue weighted by Gasteiger charge is -2.37. The van der Waals surface area contributed by atoms with Crippen LogP contribution < -0.4 is 5.01 Å². The van der Waals surface area contributed by atoms with E-state index in [0.717, 1.165) is 18.5 Å². The molecular formula is C33H30N2OS2. The number of anilines is 1. The molecule has 1 atom stereocenters. The van der Waals surface area contributed by atoms with Crippen molar-refractivity contribution in [3.63, 3.8) is 0 Å². The van der Waals surface area contributed by atoms with Gasteiger partial charge in [-0.25, -0.2) is 5.01 Å². The fraction of sp³-hybridized carbons (Fsp3) is 0.212. The van der Waals surface area contributed by atoms with Crippen molar-refractivity contribution in [1.29, 1.82) is 0 Å². The summed E-state index contributed by atoms with van der Waals surface area (Å²) in [6.45, 7) is 5.99. The highest BCUT2D eigenvalue weighted by atomic mass is 32.2. The molecule has 5 heteroatoms. The third-order valence-electron chi connectivity index (χ3n) is 7.48. The predicted octanol–water partition coefficient (Wildman–Crippen LogP) is 8.12. The van der Waals surface area contributed by atoms with Crippen LogP contribution in [0.1, 0.15) is 54.2 Å².